The van der Waals surface area contributed by atoms with E-state index < -0.39 is 5.67 Å². The van der Waals surface area contributed by atoms with Crippen molar-refractivity contribution < 1.29 is 9.13 Å². The molecule has 0 amide bonds. The van der Waals surface area contributed by atoms with Crippen LogP contribution in [0.25, 0.3) is 0 Å². The molecule has 0 heterocycles. The fraction of sp³-hybridized carbons (Fsp3) is 0.455. The third kappa shape index (κ3) is 2.70. The lowest BCUT2D eigenvalue weighted by atomic mass is 9.98. The minimum Gasteiger partial charge on any atom is -0.496 e. The molecule has 1 rings (SSSR count). The van der Waals surface area contributed by atoms with Crippen molar-refractivity contribution in [2.75, 3.05) is 13.7 Å². The molecule has 2 nitrogen and oxygen atoms in total. The molecule has 3 heteroatoms. The van der Waals surface area contributed by atoms with E-state index in [1.807, 2.05) is 24.3 Å². The average Bonchev–Trinajstić information content (AvgIpc) is 2.18. The van der Waals surface area contributed by atoms with Crippen LogP contribution in [0.5, 0.6) is 5.75 Å². The van der Waals surface area contributed by atoms with Crippen molar-refractivity contribution in [3.63, 3.8) is 0 Å². The minimum absolute atomic E-state index is 0.0189. The van der Waals surface area contributed by atoms with Crippen molar-refractivity contribution in [2.24, 2.45) is 5.73 Å². The third-order valence-electron chi connectivity index (χ3n) is 2.18. The molecular weight excluding hydrogens is 181 g/mol. The smallest absolute Gasteiger partial charge is 0.124 e. The number of hydrogen-bond acceptors (Lipinski definition) is 2. The summed E-state index contributed by atoms with van der Waals surface area (Å²) in [7, 11) is 1.58. The second-order valence-electron chi connectivity index (χ2n) is 3.61. The Balaban J connectivity index is 2.85. The number of benzene rings is 1. The fourth-order valence-electron chi connectivity index (χ4n) is 1.32. The first kappa shape index (κ1) is 11.0. The Bertz CT molecular complexity index is 299. The van der Waals surface area contributed by atoms with Crippen LogP contribution in [-0.4, -0.2) is 19.3 Å². The first-order valence-corrected chi connectivity index (χ1v) is 4.60. The number of para-hydroxylation sites is 1. The van der Waals surface area contributed by atoms with Crippen LogP contribution in [0.4, 0.5) is 4.39 Å². The molecule has 1 aromatic carbocycles. The summed E-state index contributed by atoms with van der Waals surface area (Å²) < 4.78 is 18.8. The Kier molecular flexibility index (Phi) is 3.47. The third-order valence-corrected chi connectivity index (χ3v) is 2.18. The second-order valence-corrected chi connectivity index (χ2v) is 3.61. The van der Waals surface area contributed by atoms with E-state index in [1.165, 1.54) is 6.92 Å². The van der Waals surface area contributed by atoms with Crippen LogP contribution in [0.3, 0.4) is 0 Å². The molecule has 0 spiro atoms. The molecule has 78 valence electrons. The van der Waals surface area contributed by atoms with Crippen molar-refractivity contribution in [1.29, 1.82) is 0 Å². The topological polar surface area (TPSA) is 35.2 Å². The Hall–Kier alpha value is -1.09. The Morgan fingerprint density at radius 1 is 1.43 bits per heavy atom. The summed E-state index contributed by atoms with van der Waals surface area (Å²) in [6.07, 6.45) is 0.285. The minimum atomic E-state index is -1.37. The molecule has 2 N–H and O–H groups in total. The van der Waals surface area contributed by atoms with Gasteiger partial charge in [-0.1, -0.05) is 18.2 Å². The van der Waals surface area contributed by atoms with Gasteiger partial charge < -0.3 is 10.5 Å². The summed E-state index contributed by atoms with van der Waals surface area (Å²) in [5.41, 5.74) is 4.82. The fourth-order valence-corrected chi connectivity index (χ4v) is 1.32. The normalized spacial score (nSPS) is 14.9. The SMILES string of the molecule is COc1ccccc1CC(C)(F)CN. The summed E-state index contributed by atoms with van der Waals surface area (Å²) in [6, 6.07) is 7.40. The van der Waals surface area contributed by atoms with E-state index in [1.54, 1.807) is 7.11 Å². The number of methoxy groups -OCH3 is 1. The van der Waals surface area contributed by atoms with Gasteiger partial charge in [-0.25, -0.2) is 4.39 Å². The van der Waals surface area contributed by atoms with Crippen LogP contribution in [0.15, 0.2) is 24.3 Å². The lowest BCUT2D eigenvalue weighted by Crippen LogP contribution is -2.31. The Morgan fingerprint density at radius 2 is 2.07 bits per heavy atom. The quantitative estimate of drug-likeness (QED) is 0.800. The molecule has 0 bridgehead atoms. The van der Waals surface area contributed by atoms with Crippen molar-refractivity contribution in [2.45, 2.75) is 19.0 Å². The van der Waals surface area contributed by atoms with Gasteiger partial charge in [0, 0.05) is 13.0 Å². The van der Waals surface area contributed by atoms with Gasteiger partial charge in [0.25, 0.3) is 0 Å². The van der Waals surface area contributed by atoms with Gasteiger partial charge in [-0.3, -0.25) is 0 Å². The summed E-state index contributed by atoms with van der Waals surface area (Å²) in [5, 5.41) is 0. The number of rotatable bonds is 4. The van der Waals surface area contributed by atoms with E-state index in [0.29, 0.717) is 5.75 Å². The molecule has 0 saturated heterocycles. The van der Waals surface area contributed by atoms with Gasteiger partial charge >= 0.3 is 0 Å². The second kappa shape index (κ2) is 4.42. The highest BCUT2D eigenvalue weighted by Crippen LogP contribution is 2.24. The summed E-state index contributed by atoms with van der Waals surface area (Å²) in [5.74, 6) is 0.713. The Labute approximate surface area is 83.9 Å². The van der Waals surface area contributed by atoms with Crippen LogP contribution in [0, 0.1) is 0 Å². The van der Waals surface area contributed by atoms with Crippen LogP contribution >= 0.6 is 0 Å². The van der Waals surface area contributed by atoms with Crippen molar-refractivity contribution in [3.05, 3.63) is 29.8 Å². The van der Waals surface area contributed by atoms with Gasteiger partial charge in [-0.2, -0.15) is 0 Å². The van der Waals surface area contributed by atoms with Crippen molar-refractivity contribution >= 4 is 0 Å². The van der Waals surface area contributed by atoms with Gasteiger partial charge in [0.15, 0.2) is 0 Å². The summed E-state index contributed by atoms with van der Waals surface area (Å²) in [4.78, 5) is 0. The molecule has 0 aliphatic rings. The van der Waals surface area contributed by atoms with Gasteiger partial charge in [-0.15, -0.1) is 0 Å². The molecule has 14 heavy (non-hydrogen) atoms. The zero-order valence-electron chi connectivity index (χ0n) is 8.59. The monoisotopic (exact) mass is 197 g/mol. The van der Waals surface area contributed by atoms with E-state index in [0.717, 1.165) is 5.56 Å². The highest BCUT2D eigenvalue weighted by Gasteiger charge is 2.22. The first-order chi connectivity index (χ1) is 6.59. The average molecular weight is 197 g/mol. The van der Waals surface area contributed by atoms with E-state index in [4.69, 9.17) is 10.5 Å². The van der Waals surface area contributed by atoms with Gasteiger partial charge in [0.2, 0.25) is 0 Å². The Morgan fingerprint density at radius 3 is 2.64 bits per heavy atom. The summed E-state index contributed by atoms with van der Waals surface area (Å²) in [6.45, 7) is 1.52. The molecule has 1 aromatic rings. The van der Waals surface area contributed by atoms with Gasteiger partial charge in [0.05, 0.1) is 7.11 Å². The molecule has 0 saturated carbocycles. The van der Waals surface area contributed by atoms with E-state index >= 15 is 0 Å². The maximum atomic E-state index is 13.6. The van der Waals surface area contributed by atoms with Crippen LogP contribution < -0.4 is 10.5 Å². The largest absolute Gasteiger partial charge is 0.496 e. The maximum absolute atomic E-state index is 13.6. The number of ether oxygens (including phenoxy) is 1. The number of hydrogen-bond donors (Lipinski definition) is 1. The molecule has 0 aromatic heterocycles. The summed E-state index contributed by atoms with van der Waals surface area (Å²) >= 11 is 0. The highest BCUT2D eigenvalue weighted by atomic mass is 19.1. The van der Waals surface area contributed by atoms with Crippen LogP contribution in [0.1, 0.15) is 12.5 Å². The number of nitrogens with two attached hydrogens (primary N) is 1. The molecule has 0 aliphatic heterocycles. The lowest BCUT2D eigenvalue weighted by Gasteiger charge is -2.19. The zero-order chi connectivity index (χ0) is 10.6. The number of halogens is 1. The molecule has 0 aliphatic carbocycles. The molecular formula is C11H16FNO. The van der Waals surface area contributed by atoms with Gasteiger partial charge in [0.1, 0.15) is 11.4 Å². The van der Waals surface area contributed by atoms with Gasteiger partial charge in [-0.05, 0) is 18.6 Å². The highest BCUT2D eigenvalue weighted by molar-refractivity contribution is 5.34. The van der Waals surface area contributed by atoms with E-state index in [2.05, 4.69) is 0 Å². The maximum Gasteiger partial charge on any atom is 0.124 e. The molecule has 1 unspecified atom stereocenters. The van der Waals surface area contributed by atoms with Crippen LogP contribution in [-0.2, 0) is 6.42 Å². The zero-order valence-corrected chi connectivity index (χ0v) is 8.59. The van der Waals surface area contributed by atoms with Crippen LogP contribution in [0.2, 0.25) is 0 Å². The predicted octanol–water partition coefficient (Wildman–Crippen LogP) is 1.92. The van der Waals surface area contributed by atoms with E-state index in [9.17, 15) is 4.39 Å². The number of alkyl halides is 1. The van der Waals surface area contributed by atoms with E-state index in [-0.39, 0.29) is 13.0 Å². The first-order valence-electron chi connectivity index (χ1n) is 4.60. The lowest BCUT2D eigenvalue weighted by molar-refractivity contribution is 0.198. The standard InChI is InChI=1S/C11H16FNO/c1-11(12,8-13)7-9-5-3-4-6-10(9)14-2/h3-6H,7-8,13H2,1-2H3. The van der Waals surface area contributed by atoms with Crippen molar-refractivity contribution in [1.82, 2.24) is 0 Å². The predicted molar refractivity (Wildman–Crippen MR) is 55.3 cm³/mol. The molecule has 0 radical (unpaired) electrons. The molecule has 0 fully saturated rings. The van der Waals surface area contributed by atoms with Crippen molar-refractivity contribution in [3.8, 4) is 5.75 Å². The molecule has 1 atom stereocenters.